The number of methoxy groups -OCH3 is 1. The van der Waals surface area contributed by atoms with Crippen LogP contribution in [0.2, 0.25) is 0 Å². The van der Waals surface area contributed by atoms with Crippen molar-refractivity contribution in [2.45, 2.75) is 50.5 Å². The number of hydrogen-bond donors (Lipinski definition) is 1. The molecule has 1 fully saturated rings. The van der Waals surface area contributed by atoms with Crippen molar-refractivity contribution in [3.63, 3.8) is 0 Å². The molecule has 3 aliphatic heterocycles. The van der Waals surface area contributed by atoms with Gasteiger partial charge >= 0.3 is 0 Å². The molecule has 37 heavy (non-hydrogen) atoms. The third kappa shape index (κ3) is 2.17. The lowest BCUT2D eigenvalue weighted by Crippen LogP contribution is -2.58. The Kier molecular flexibility index (Phi) is 3.92. The molecule has 188 valence electrons. The Morgan fingerprint density at radius 1 is 1.05 bits per heavy atom. The lowest BCUT2D eigenvalue weighted by atomic mass is 9.84. The van der Waals surface area contributed by atoms with Crippen LogP contribution >= 0.6 is 0 Å². The first-order valence-corrected chi connectivity index (χ1v) is 12.7. The van der Waals surface area contributed by atoms with E-state index in [2.05, 4.69) is 33.4 Å². The molecule has 2 bridgehead atoms. The largest absolute Gasteiger partial charge is 0.370 e. The quantitative estimate of drug-likeness (QED) is 0.268. The van der Waals surface area contributed by atoms with Gasteiger partial charge < -0.3 is 23.5 Å². The molecule has 3 aliphatic rings. The van der Waals surface area contributed by atoms with E-state index >= 15 is 0 Å². The Balaban J connectivity index is 1.71. The van der Waals surface area contributed by atoms with Gasteiger partial charge in [0.15, 0.2) is 5.72 Å². The van der Waals surface area contributed by atoms with Gasteiger partial charge in [0, 0.05) is 48.7 Å². The van der Waals surface area contributed by atoms with Crippen LogP contribution in [0.25, 0.3) is 43.6 Å². The van der Waals surface area contributed by atoms with E-state index < -0.39 is 23.7 Å². The van der Waals surface area contributed by atoms with Crippen LogP contribution in [0.1, 0.15) is 42.4 Å². The van der Waals surface area contributed by atoms with E-state index in [0.717, 1.165) is 54.7 Å². The zero-order chi connectivity index (χ0) is 25.4. The van der Waals surface area contributed by atoms with Crippen molar-refractivity contribution in [1.82, 2.24) is 14.0 Å². The number of carbonyl (C=O) groups excluding carboxylic acids is 1. The van der Waals surface area contributed by atoms with Crippen LogP contribution in [-0.2, 0) is 26.6 Å². The summed E-state index contributed by atoms with van der Waals surface area (Å²) in [4.78, 5) is 20.5. The number of para-hydroxylation sites is 2. The third-order valence-corrected chi connectivity index (χ3v) is 9.34. The fourth-order valence-corrected chi connectivity index (χ4v) is 7.74. The molecule has 8 heteroatoms. The number of hydrogen-bond acceptors (Lipinski definition) is 5. The summed E-state index contributed by atoms with van der Waals surface area (Å²) in [5, 5.41) is 14.1. The van der Waals surface area contributed by atoms with Crippen LogP contribution in [0.15, 0.2) is 48.5 Å². The highest BCUT2D eigenvalue weighted by Gasteiger charge is 2.65. The first kappa shape index (κ1) is 21.6. The van der Waals surface area contributed by atoms with Gasteiger partial charge in [-0.2, -0.15) is 0 Å². The van der Waals surface area contributed by atoms with Crippen molar-refractivity contribution in [1.29, 1.82) is 0 Å². The molecule has 0 aliphatic carbocycles. The number of rotatable bonds is 3. The van der Waals surface area contributed by atoms with E-state index in [4.69, 9.17) is 14.4 Å². The maximum Gasteiger partial charge on any atom is 0.254 e. The molecule has 5 aromatic rings. The molecule has 3 unspecified atom stereocenters. The predicted octanol–water partition coefficient (Wildman–Crippen LogP) is 5.36. The van der Waals surface area contributed by atoms with Gasteiger partial charge in [-0.1, -0.05) is 36.4 Å². The van der Waals surface area contributed by atoms with Gasteiger partial charge in [0.1, 0.15) is 17.9 Å². The summed E-state index contributed by atoms with van der Waals surface area (Å²) in [6, 6.07) is 16.5. The highest BCUT2D eigenvalue weighted by atomic mass is 17.1. The number of carbonyl (C=O) groups is 1. The minimum Gasteiger partial charge on any atom is -0.370 e. The maximum absolute atomic E-state index is 13.7. The van der Waals surface area contributed by atoms with Crippen molar-refractivity contribution < 1.29 is 24.4 Å². The second-order valence-electron chi connectivity index (χ2n) is 10.8. The molecule has 1 N–H and O–H groups in total. The van der Waals surface area contributed by atoms with Gasteiger partial charge in [0.25, 0.3) is 5.91 Å². The topological polar surface area (TPSA) is 78.1 Å². The van der Waals surface area contributed by atoms with E-state index in [1.165, 1.54) is 0 Å². The second-order valence-corrected chi connectivity index (χ2v) is 10.8. The molecule has 8 nitrogen and oxygen atoms in total. The van der Waals surface area contributed by atoms with Crippen molar-refractivity contribution in [2.75, 3.05) is 14.2 Å². The molecule has 4 atom stereocenters. The molecular formula is C29H27N3O5. The second kappa shape index (κ2) is 6.71. The summed E-state index contributed by atoms with van der Waals surface area (Å²) in [6.45, 7) is 4.39. The van der Waals surface area contributed by atoms with Gasteiger partial charge in [0.05, 0.1) is 27.6 Å². The van der Waals surface area contributed by atoms with Crippen LogP contribution in [0.5, 0.6) is 0 Å². The van der Waals surface area contributed by atoms with E-state index in [-0.39, 0.29) is 5.91 Å². The monoisotopic (exact) mass is 497 g/mol. The number of fused-ring (bicyclic) bond motifs is 13. The average molecular weight is 498 g/mol. The van der Waals surface area contributed by atoms with Crippen LogP contribution < -0.4 is 0 Å². The first-order valence-electron chi connectivity index (χ1n) is 12.7. The number of amides is 1. The number of benzene rings is 3. The minimum absolute atomic E-state index is 0.0479. The number of nitrogens with zero attached hydrogens (tertiary/aromatic N) is 3. The van der Waals surface area contributed by atoms with Gasteiger partial charge in [-0.25, -0.2) is 4.89 Å². The summed E-state index contributed by atoms with van der Waals surface area (Å²) in [5.74, 6) is 0.0479. The van der Waals surface area contributed by atoms with E-state index in [1.807, 2.05) is 50.1 Å². The third-order valence-electron chi connectivity index (χ3n) is 9.34. The molecule has 0 saturated carbocycles. The SMILES string of the molecule is COC1([C@@H](C)OO)CC2OC1(C)n1c3ccccc3c3c4c(c5c6ccccc6n2c5c31)C(=O)N(C)C4. The first-order chi connectivity index (χ1) is 17.9. The van der Waals surface area contributed by atoms with Crippen LogP contribution in [0.3, 0.4) is 0 Å². The Labute approximate surface area is 212 Å². The molecule has 8 rings (SSSR count). The fourth-order valence-electron chi connectivity index (χ4n) is 7.74. The summed E-state index contributed by atoms with van der Waals surface area (Å²) < 4.78 is 17.8. The van der Waals surface area contributed by atoms with Gasteiger partial charge in [-0.15, -0.1) is 0 Å². The maximum atomic E-state index is 13.7. The minimum atomic E-state index is -1.02. The van der Waals surface area contributed by atoms with Crippen LogP contribution in [0, 0.1) is 0 Å². The molecule has 0 radical (unpaired) electrons. The Morgan fingerprint density at radius 3 is 2.43 bits per heavy atom. The van der Waals surface area contributed by atoms with E-state index in [1.54, 1.807) is 7.11 Å². The number of aromatic nitrogens is 2. The molecular weight excluding hydrogens is 470 g/mol. The molecule has 0 spiro atoms. The van der Waals surface area contributed by atoms with Crippen LogP contribution in [-0.4, -0.2) is 51.1 Å². The van der Waals surface area contributed by atoms with Crippen LogP contribution in [0.4, 0.5) is 0 Å². The highest BCUT2D eigenvalue weighted by Crippen LogP contribution is 2.59. The standard InChI is InChI=1S/C29H27N3O5/c1-15(37-34)29(35-4)13-21-31-19-11-7-5-9-16(19)23-24-18(14-30(3)27(24)33)22-17-10-6-8-12-20(17)32(26(22)25(23)31)28(29,2)36-21/h5-12,15,21,34H,13-14H2,1-4H3/t15-,21?,28?,29?/m1/s1. The summed E-state index contributed by atoms with van der Waals surface area (Å²) in [5.41, 5.74) is 3.83. The van der Waals surface area contributed by atoms with Crippen molar-refractivity contribution >= 4 is 49.5 Å². The van der Waals surface area contributed by atoms with E-state index in [0.29, 0.717) is 13.0 Å². The Morgan fingerprint density at radius 2 is 1.73 bits per heavy atom. The van der Waals surface area contributed by atoms with Crippen molar-refractivity contribution in [3.05, 3.63) is 59.7 Å². The Hall–Kier alpha value is -3.43. The molecule has 1 amide bonds. The summed E-state index contributed by atoms with van der Waals surface area (Å²) >= 11 is 0. The van der Waals surface area contributed by atoms with Crippen molar-refractivity contribution in [2.24, 2.45) is 0 Å². The predicted molar refractivity (Wildman–Crippen MR) is 140 cm³/mol. The smallest absolute Gasteiger partial charge is 0.254 e. The van der Waals surface area contributed by atoms with E-state index in [9.17, 15) is 10.1 Å². The molecule has 1 saturated heterocycles. The average Bonchev–Trinajstić information content (AvgIpc) is 3.58. The van der Waals surface area contributed by atoms with Crippen molar-refractivity contribution in [3.8, 4) is 0 Å². The van der Waals surface area contributed by atoms with Gasteiger partial charge in [-0.05, 0) is 31.5 Å². The van der Waals surface area contributed by atoms with Gasteiger partial charge in [0.2, 0.25) is 0 Å². The zero-order valence-corrected chi connectivity index (χ0v) is 21.1. The lowest BCUT2D eigenvalue weighted by Gasteiger charge is -2.44. The summed E-state index contributed by atoms with van der Waals surface area (Å²) in [7, 11) is 3.53. The Bertz CT molecular complexity index is 1840. The molecule has 2 aromatic heterocycles. The normalized spacial score (nSPS) is 27.3. The lowest BCUT2D eigenvalue weighted by molar-refractivity contribution is -0.336. The molecule has 3 aromatic carbocycles. The van der Waals surface area contributed by atoms with Gasteiger partial charge in [-0.3, -0.25) is 10.1 Å². The zero-order valence-electron chi connectivity index (χ0n) is 21.1. The summed E-state index contributed by atoms with van der Waals surface area (Å²) in [6.07, 6.45) is -0.628. The highest BCUT2D eigenvalue weighted by molar-refractivity contribution is 6.31. The number of ether oxygens (including phenoxy) is 2. The molecule has 5 heterocycles. The fraction of sp³-hybridized carbons (Fsp3) is 0.345.